The van der Waals surface area contributed by atoms with Crippen LogP contribution >= 0.6 is 11.8 Å². The molecule has 0 radical (unpaired) electrons. The van der Waals surface area contributed by atoms with Crippen molar-refractivity contribution in [1.29, 1.82) is 0 Å². The average molecular weight is 417 g/mol. The Balaban J connectivity index is 2.06. The largest absolute Gasteiger partial charge is 0.354 e. The zero-order chi connectivity index (χ0) is 21.2. The molecule has 0 unspecified atom stereocenters. The first kappa shape index (κ1) is 22.9. The fourth-order valence-electron chi connectivity index (χ4n) is 2.76. The summed E-state index contributed by atoms with van der Waals surface area (Å²) in [4.78, 5) is 28.1. The van der Waals surface area contributed by atoms with E-state index >= 15 is 0 Å². The molecular formula is C23H29FN2O2S. The van der Waals surface area contributed by atoms with Crippen LogP contribution in [0.5, 0.6) is 0 Å². The van der Waals surface area contributed by atoms with Gasteiger partial charge in [0.05, 0.1) is 0 Å². The van der Waals surface area contributed by atoms with Crippen molar-refractivity contribution in [3.05, 3.63) is 66.0 Å². The Morgan fingerprint density at radius 3 is 2.34 bits per heavy atom. The van der Waals surface area contributed by atoms with Gasteiger partial charge in [0.1, 0.15) is 11.9 Å². The van der Waals surface area contributed by atoms with Gasteiger partial charge in [-0.25, -0.2) is 4.39 Å². The Morgan fingerprint density at radius 2 is 1.69 bits per heavy atom. The zero-order valence-corrected chi connectivity index (χ0v) is 18.0. The Kier molecular flexibility index (Phi) is 9.19. The van der Waals surface area contributed by atoms with Crippen LogP contribution in [-0.2, 0) is 16.1 Å². The third-order valence-electron chi connectivity index (χ3n) is 4.48. The van der Waals surface area contributed by atoms with Gasteiger partial charge in [-0.1, -0.05) is 50.2 Å². The normalized spacial score (nSPS) is 11.9. The molecule has 0 spiro atoms. The minimum absolute atomic E-state index is 0.0672. The summed E-state index contributed by atoms with van der Waals surface area (Å²) in [5.41, 5.74) is 0.403. The predicted octanol–water partition coefficient (Wildman–Crippen LogP) is 4.50. The van der Waals surface area contributed by atoms with E-state index in [-0.39, 0.29) is 30.6 Å². The van der Waals surface area contributed by atoms with E-state index in [1.807, 2.05) is 44.2 Å². The molecule has 0 saturated heterocycles. The van der Waals surface area contributed by atoms with Crippen LogP contribution in [-0.4, -0.2) is 35.1 Å². The van der Waals surface area contributed by atoms with E-state index in [0.29, 0.717) is 23.8 Å². The molecule has 2 aromatic carbocycles. The third-order valence-corrected chi connectivity index (χ3v) is 5.49. The summed E-state index contributed by atoms with van der Waals surface area (Å²) in [6.45, 7) is 6.31. The molecule has 0 bridgehead atoms. The van der Waals surface area contributed by atoms with Crippen molar-refractivity contribution in [2.45, 2.75) is 44.7 Å². The first-order chi connectivity index (χ1) is 13.9. The van der Waals surface area contributed by atoms with Crippen molar-refractivity contribution in [2.75, 3.05) is 12.3 Å². The summed E-state index contributed by atoms with van der Waals surface area (Å²) in [7, 11) is 0. The monoisotopic (exact) mass is 416 g/mol. The summed E-state index contributed by atoms with van der Waals surface area (Å²) in [5, 5.41) is 2.87. The van der Waals surface area contributed by atoms with Crippen LogP contribution in [0.3, 0.4) is 0 Å². The first-order valence-electron chi connectivity index (χ1n) is 9.87. The number of nitrogens with zero attached hydrogens (tertiary/aromatic N) is 1. The number of carbonyl (C=O) groups excluding carboxylic acids is 2. The number of benzene rings is 2. The smallest absolute Gasteiger partial charge is 0.242 e. The van der Waals surface area contributed by atoms with E-state index < -0.39 is 6.04 Å². The quantitative estimate of drug-likeness (QED) is 0.580. The van der Waals surface area contributed by atoms with Crippen molar-refractivity contribution in [2.24, 2.45) is 5.92 Å². The fourth-order valence-corrected chi connectivity index (χ4v) is 3.62. The summed E-state index contributed by atoms with van der Waals surface area (Å²) in [6, 6.07) is 15.5. The van der Waals surface area contributed by atoms with Crippen molar-refractivity contribution in [1.82, 2.24) is 10.2 Å². The van der Waals surface area contributed by atoms with Crippen LogP contribution in [0.4, 0.5) is 4.39 Å². The minimum Gasteiger partial charge on any atom is -0.354 e. The van der Waals surface area contributed by atoms with Crippen LogP contribution in [0.2, 0.25) is 0 Å². The maximum Gasteiger partial charge on any atom is 0.242 e. The first-order valence-corrected chi connectivity index (χ1v) is 10.9. The molecule has 1 N–H and O–H groups in total. The van der Waals surface area contributed by atoms with Gasteiger partial charge >= 0.3 is 0 Å². The number of rotatable bonds is 10. The molecule has 0 aliphatic rings. The summed E-state index contributed by atoms with van der Waals surface area (Å²) in [5.74, 6) is 0.141. The van der Waals surface area contributed by atoms with Gasteiger partial charge in [0, 0.05) is 35.7 Å². The van der Waals surface area contributed by atoms with Crippen LogP contribution in [0, 0.1) is 11.7 Å². The van der Waals surface area contributed by atoms with E-state index in [9.17, 15) is 14.0 Å². The molecule has 0 aromatic heterocycles. The zero-order valence-electron chi connectivity index (χ0n) is 17.2. The predicted molar refractivity (Wildman–Crippen MR) is 116 cm³/mol. The van der Waals surface area contributed by atoms with Crippen molar-refractivity contribution in [3.8, 4) is 0 Å². The van der Waals surface area contributed by atoms with Crippen molar-refractivity contribution in [3.63, 3.8) is 0 Å². The average Bonchev–Trinajstić information content (AvgIpc) is 2.71. The topological polar surface area (TPSA) is 49.4 Å². The molecular weight excluding hydrogens is 387 g/mol. The number of hydrogen-bond acceptors (Lipinski definition) is 3. The van der Waals surface area contributed by atoms with Crippen LogP contribution in [0.15, 0.2) is 59.5 Å². The molecule has 2 amide bonds. The Hall–Kier alpha value is -2.34. The van der Waals surface area contributed by atoms with Gasteiger partial charge < -0.3 is 10.2 Å². The fraction of sp³-hybridized carbons (Fsp3) is 0.391. The Morgan fingerprint density at radius 1 is 1.03 bits per heavy atom. The number of halogens is 1. The molecule has 156 valence electrons. The molecule has 0 aliphatic heterocycles. The molecule has 0 aliphatic carbocycles. The van der Waals surface area contributed by atoms with Gasteiger partial charge in [0.15, 0.2) is 0 Å². The van der Waals surface area contributed by atoms with E-state index in [1.165, 1.54) is 11.0 Å². The van der Waals surface area contributed by atoms with Gasteiger partial charge in [0.25, 0.3) is 0 Å². The second-order valence-corrected chi connectivity index (χ2v) is 8.51. The number of thioether (sulfide) groups is 1. The molecule has 2 aromatic rings. The van der Waals surface area contributed by atoms with Crippen LogP contribution in [0.1, 0.15) is 32.8 Å². The lowest BCUT2D eigenvalue weighted by molar-refractivity contribution is -0.140. The SMILES string of the molecule is CC(C)CNC(=O)[C@@H](C)N(Cc1ccccc1F)C(=O)CCSc1ccccc1. The molecule has 6 heteroatoms. The molecule has 0 saturated carbocycles. The maximum absolute atomic E-state index is 14.2. The number of carbonyl (C=O) groups is 2. The van der Waals surface area contributed by atoms with E-state index in [2.05, 4.69) is 5.32 Å². The highest BCUT2D eigenvalue weighted by Crippen LogP contribution is 2.20. The van der Waals surface area contributed by atoms with Crippen LogP contribution < -0.4 is 5.32 Å². The number of nitrogens with one attached hydrogen (secondary N) is 1. The standard InChI is InChI=1S/C23H29FN2O2S/c1-17(2)15-25-23(28)18(3)26(16-19-9-7-8-12-21(19)24)22(27)13-14-29-20-10-5-4-6-11-20/h4-12,17-18H,13-16H2,1-3H3,(H,25,28)/t18-/m1/s1. The highest BCUT2D eigenvalue weighted by Gasteiger charge is 2.26. The van der Waals surface area contributed by atoms with Gasteiger partial charge in [0.2, 0.25) is 11.8 Å². The van der Waals surface area contributed by atoms with E-state index in [4.69, 9.17) is 0 Å². The molecule has 0 fully saturated rings. The number of amides is 2. The minimum atomic E-state index is -0.678. The Bertz CT molecular complexity index is 798. The lowest BCUT2D eigenvalue weighted by atomic mass is 10.1. The Labute approximate surface area is 176 Å². The van der Waals surface area contributed by atoms with E-state index in [0.717, 1.165) is 4.90 Å². The second kappa shape index (κ2) is 11.6. The highest BCUT2D eigenvalue weighted by atomic mass is 32.2. The molecule has 1 atom stereocenters. The lowest BCUT2D eigenvalue weighted by Crippen LogP contribution is -2.48. The second-order valence-electron chi connectivity index (χ2n) is 7.34. The summed E-state index contributed by atoms with van der Waals surface area (Å²) < 4.78 is 14.2. The van der Waals surface area contributed by atoms with Crippen molar-refractivity contribution < 1.29 is 14.0 Å². The summed E-state index contributed by atoms with van der Waals surface area (Å²) in [6.07, 6.45) is 0.274. The maximum atomic E-state index is 14.2. The van der Waals surface area contributed by atoms with Gasteiger partial charge in [-0.05, 0) is 31.0 Å². The molecule has 4 nitrogen and oxygen atoms in total. The molecule has 29 heavy (non-hydrogen) atoms. The van der Waals surface area contributed by atoms with E-state index in [1.54, 1.807) is 36.9 Å². The summed E-state index contributed by atoms with van der Waals surface area (Å²) >= 11 is 1.59. The molecule has 0 heterocycles. The number of hydrogen-bond donors (Lipinski definition) is 1. The van der Waals surface area contributed by atoms with Crippen LogP contribution in [0.25, 0.3) is 0 Å². The third kappa shape index (κ3) is 7.54. The lowest BCUT2D eigenvalue weighted by Gasteiger charge is -2.29. The van der Waals surface area contributed by atoms with Gasteiger partial charge in [-0.15, -0.1) is 11.8 Å². The highest BCUT2D eigenvalue weighted by molar-refractivity contribution is 7.99. The van der Waals surface area contributed by atoms with Crippen molar-refractivity contribution >= 4 is 23.6 Å². The van der Waals surface area contributed by atoms with Gasteiger partial charge in [-0.3, -0.25) is 9.59 Å². The van der Waals surface area contributed by atoms with Gasteiger partial charge in [-0.2, -0.15) is 0 Å². The molecule has 2 rings (SSSR count).